The van der Waals surface area contributed by atoms with Crippen molar-refractivity contribution in [3.63, 3.8) is 0 Å². The molecule has 0 aliphatic heterocycles. The Hall–Kier alpha value is -2.12. The second-order valence-electron chi connectivity index (χ2n) is 4.60. The lowest BCUT2D eigenvalue weighted by Crippen LogP contribution is -1.95. The van der Waals surface area contributed by atoms with E-state index in [-0.39, 0.29) is 0 Å². The summed E-state index contributed by atoms with van der Waals surface area (Å²) in [5, 5.41) is 5.06. The molecule has 0 spiro atoms. The molecule has 0 aliphatic rings. The van der Waals surface area contributed by atoms with Crippen LogP contribution in [0, 0.1) is 0 Å². The van der Waals surface area contributed by atoms with Crippen LogP contribution in [0.2, 0.25) is 0 Å². The molecule has 3 aromatic rings. The van der Waals surface area contributed by atoms with E-state index in [9.17, 15) is 0 Å². The first kappa shape index (κ1) is 11.9. The van der Waals surface area contributed by atoms with E-state index in [2.05, 4.69) is 61.2 Å². The van der Waals surface area contributed by atoms with Gasteiger partial charge in [0.05, 0.1) is 13.2 Å². The fraction of sp³-hybridized carbons (Fsp3) is 0.111. The van der Waals surface area contributed by atoms with Crippen LogP contribution in [0.5, 0.6) is 0 Å². The van der Waals surface area contributed by atoms with Crippen molar-refractivity contribution in [2.45, 2.75) is 6.61 Å². The molecule has 0 N–H and O–H groups in total. The van der Waals surface area contributed by atoms with Crippen molar-refractivity contribution in [3.8, 4) is 0 Å². The van der Waals surface area contributed by atoms with E-state index < -0.39 is 0 Å². The first-order valence-corrected chi connectivity index (χ1v) is 6.48. The minimum absolute atomic E-state index is 0.581. The lowest BCUT2D eigenvalue weighted by atomic mass is 9.97. The van der Waals surface area contributed by atoms with Gasteiger partial charge in [-0.25, -0.2) is 0 Å². The fourth-order valence-corrected chi connectivity index (χ4v) is 2.51. The number of hydrogen-bond acceptors (Lipinski definition) is 1. The highest BCUT2D eigenvalue weighted by molar-refractivity contribution is 6.02. The molecule has 3 aromatic carbocycles. The van der Waals surface area contributed by atoms with Crippen LogP contribution in [0.25, 0.3) is 21.5 Å². The third-order valence-electron chi connectivity index (χ3n) is 3.36. The quantitative estimate of drug-likeness (QED) is 0.369. The average Bonchev–Trinajstić information content (AvgIpc) is 2.46. The Morgan fingerprint density at radius 1 is 0.895 bits per heavy atom. The van der Waals surface area contributed by atoms with Crippen LogP contribution in [0.4, 0.5) is 0 Å². The summed E-state index contributed by atoms with van der Waals surface area (Å²) < 4.78 is 5.67. The molecule has 1 heteroatoms. The van der Waals surface area contributed by atoms with Crippen molar-refractivity contribution in [1.82, 2.24) is 0 Å². The van der Waals surface area contributed by atoms with E-state index in [0.29, 0.717) is 13.2 Å². The zero-order valence-electron chi connectivity index (χ0n) is 10.8. The molecule has 0 aromatic heterocycles. The minimum Gasteiger partial charge on any atom is -0.373 e. The van der Waals surface area contributed by atoms with Gasteiger partial charge in [-0.3, -0.25) is 0 Å². The van der Waals surface area contributed by atoms with Crippen LogP contribution in [0.3, 0.4) is 0 Å². The SMILES string of the molecule is C=CCOCc1c2ccccc2cc2ccccc12. The van der Waals surface area contributed by atoms with Gasteiger partial charge in [0.25, 0.3) is 0 Å². The molecule has 0 aliphatic carbocycles. The molecule has 0 saturated heterocycles. The van der Waals surface area contributed by atoms with Crippen LogP contribution in [-0.4, -0.2) is 6.61 Å². The van der Waals surface area contributed by atoms with Crippen LogP contribution < -0.4 is 0 Å². The third-order valence-corrected chi connectivity index (χ3v) is 3.36. The third kappa shape index (κ3) is 2.25. The van der Waals surface area contributed by atoms with Crippen LogP contribution in [0.1, 0.15) is 5.56 Å². The standard InChI is InChI=1S/C18H16O/c1-2-11-19-13-18-16-9-5-3-7-14(16)12-15-8-4-6-10-17(15)18/h2-10,12H,1,11,13H2. The molecule has 1 nitrogen and oxygen atoms in total. The molecule has 0 radical (unpaired) electrons. The first-order valence-electron chi connectivity index (χ1n) is 6.48. The molecule has 3 rings (SSSR count). The van der Waals surface area contributed by atoms with E-state index >= 15 is 0 Å². The Morgan fingerprint density at radius 3 is 2.05 bits per heavy atom. The normalized spacial score (nSPS) is 10.9. The van der Waals surface area contributed by atoms with Crippen LogP contribution in [-0.2, 0) is 11.3 Å². The molecule has 0 unspecified atom stereocenters. The number of benzene rings is 3. The lowest BCUT2D eigenvalue weighted by Gasteiger charge is -2.11. The lowest BCUT2D eigenvalue weighted by molar-refractivity contribution is 0.151. The molecule has 0 amide bonds. The smallest absolute Gasteiger partial charge is 0.0733 e. The van der Waals surface area contributed by atoms with Crippen molar-refractivity contribution in [1.29, 1.82) is 0 Å². The van der Waals surface area contributed by atoms with E-state index in [0.717, 1.165) is 0 Å². The fourth-order valence-electron chi connectivity index (χ4n) is 2.51. The van der Waals surface area contributed by atoms with Crippen molar-refractivity contribution < 1.29 is 4.74 Å². The Bertz CT molecular complexity index is 674. The zero-order chi connectivity index (χ0) is 13.1. The molecule has 0 atom stereocenters. The van der Waals surface area contributed by atoms with E-state index in [1.165, 1.54) is 27.1 Å². The van der Waals surface area contributed by atoms with Crippen LogP contribution in [0.15, 0.2) is 67.3 Å². The van der Waals surface area contributed by atoms with Gasteiger partial charge in [-0.2, -0.15) is 0 Å². The Kier molecular flexibility index (Phi) is 3.30. The Morgan fingerprint density at radius 2 is 1.47 bits per heavy atom. The Labute approximate surface area is 113 Å². The van der Waals surface area contributed by atoms with Crippen LogP contribution >= 0.6 is 0 Å². The average molecular weight is 248 g/mol. The maximum atomic E-state index is 5.67. The van der Waals surface area contributed by atoms with E-state index in [1.807, 2.05) is 0 Å². The molecule has 0 saturated carbocycles. The predicted octanol–water partition coefficient (Wildman–Crippen LogP) is 4.70. The maximum Gasteiger partial charge on any atom is 0.0733 e. The van der Waals surface area contributed by atoms with Gasteiger partial charge < -0.3 is 4.74 Å². The second kappa shape index (κ2) is 5.25. The van der Waals surface area contributed by atoms with Gasteiger partial charge >= 0.3 is 0 Å². The topological polar surface area (TPSA) is 9.23 Å². The summed E-state index contributed by atoms with van der Waals surface area (Å²) in [5.41, 5.74) is 1.26. The molecular weight excluding hydrogens is 232 g/mol. The van der Waals surface area contributed by atoms with Gasteiger partial charge in [-0.15, -0.1) is 6.58 Å². The van der Waals surface area contributed by atoms with Gasteiger partial charge in [0, 0.05) is 0 Å². The molecule has 0 heterocycles. The van der Waals surface area contributed by atoms with E-state index in [4.69, 9.17) is 4.74 Å². The van der Waals surface area contributed by atoms with Gasteiger partial charge in [-0.1, -0.05) is 54.6 Å². The van der Waals surface area contributed by atoms with Gasteiger partial charge in [-0.05, 0) is 33.2 Å². The van der Waals surface area contributed by atoms with Crippen molar-refractivity contribution in [3.05, 3.63) is 72.8 Å². The second-order valence-corrected chi connectivity index (χ2v) is 4.60. The summed E-state index contributed by atoms with van der Waals surface area (Å²) in [6.45, 7) is 4.89. The van der Waals surface area contributed by atoms with Gasteiger partial charge in [0.15, 0.2) is 0 Å². The van der Waals surface area contributed by atoms with E-state index in [1.54, 1.807) is 6.08 Å². The number of rotatable bonds is 4. The number of fused-ring (bicyclic) bond motifs is 2. The summed E-state index contributed by atoms with van der Waals surface area (Å²) in [7, 11) is 0. The minimum atomic E-state index is 0.581. The summed E-state index contributed by atoms with van der Waals surface area (Å²) in [5.74, 6) is 0. The number of hydrogen-bond donors (Lipinski definition) is 0. The maximum absolute atomic E-state index is 5.67. The predicted molar refractivity (Wildman–Crippen MR) is 81.3 cm³/mol. The van der Waals surface area contributed by atoms with Crippen molar-refractivity contribution >= 4 is 21.5 Å². The summed E-state index contributed by atoms with van der Waals surface area (Å²) in [6, 6.07) is 19.2. The highest BCUT2D eigenvalue weighted by atomic mass is 16.5. The van der Waals surface area contributed by atoms with Crippen molar-refractivity contribution in [2.75, 3.05) is 6.61 Å². The Balaban J connectivity index is 2.23. The molecule has 94 valence electrons. The molecular formula is C18H16O. The molecule has 0 fully saturated rings. The summed E-state index contributed by atoms with van der Waals surface area (Å²) in [6.07, 6.45) is 1.79. The zero-order valence-corrected chi connectivity index (χ0v) is 10.8. The van der Waals surface area contributed by atoms with Crippen molar-refractivity contribution in [2.24, 2.45) is 0 Å². The number of ether oxygens (including phenoxy) is 1. The van der Waals surface area contributed by atoms with Gasteiger partial charge in [0.2, 0.25) is 0 Å². The molecule has 19 heavy (non-hydrogen) atoms. The van der Waals surface area contributed by atoms with Gasteiger partial charge in [0.1, 0.15) is 0 Å². The molecule has 0 bridgehead atoms. The highest BCUT2D eigenvalue weighted by Gasteiger charge is 2.06. The summed E-state index contributed by atoms with van der Waals surface area (Å²) >= 11 is 0. The summed E-state index contributed by atoms with van der Waals surface area (Å²) in [4.78, 5) is 0. The first-order chi connectivity index (χ1) is 9.40. The highest BCUT2D eigenvalue weighted by Crippen LogP contribution is 2.28. The monoisotopic (exact) mass is 248 g/mol. The largest absolute Gasteiger partial charge is 0.373 e.